The monoisotopic (exact) mass is 229 g/mol. The van der Waals surface area contributed by atoms with Gasteiger partial charge in [0.2, 0.25) is 0 Å². The molecule has 0 spiro atoms. The molecule has 1 heterocycles. The van der Waals surface area contributed by atoms with Gasteiger partial charge in [0.1, 0.15) is 5.76 Å². The van der Waals surface area contributed by atoms with Gasteiger partial charge in [-0.1, -0.05) is 26.0 Å². The van der Waals surface area contributed by atoms with Crippen molar-refractivity contribution in [3.63, 3.8) is 0 Å². The van der Waals surface area contributed by atoms with Crippen molar-refractivity contribution in [1.82, 2.24) is 0 Å². The third kappa shape index (κ3) is 2.90. The van der Waals surface area contributed by atoms with Gasteiger partial charge in [0.05, 0.1) is 12.8 Å². The first-order chi connectivity index (χ1) is 8.16. The lowest BCUT2D eigenvalue weighted by Crippen LogP contribution is -2.00. The number of benzene rings is 1. The van der Waals surface area contributed by atoms with E-state index in [9.17, 15) is 0 Å². The van der Waals surface area contributed by atoms with E-state index in [2.05, 4.69) is 50.4 Å². The van der Waals surface area contributed by atoms with E-state index in [1.165, 1.54) is 11.1 Å². The molecule has 0 saturated carbocycles. The van der Waals surface area contributed by atoms with Crippen LogP contribution in [0.15, 0.2) is 41.0 Å². The number of hydrogen-bond acceptors (Lipinski definition) is 2. The van der Waals surface area contributed by atoms with Gasteiger partial charge in [0.25, 0.3) is 0 Å². The number of furan rings is 1. The smallest absolute Gasteiger partial charge is 0.125 e. The first-order valence-electron chi connectivity index (χ1n) is 6.03. The SMILES string of the molecule is Cc1ccoc1CNc1cccc(C(C)C)c1. The topological polar surface area (TPSA) is 25.2 Å². The summed E-state index contributed by atoms with van der Waals surface area (Å²) in [5.74, 6) is 1.56. The van der Waals surface area contributed by atoms with E-state index in [4.69, 9.17) is 4.42 Å². The van der Waals surface area contributed by atoms with E-state index in [1.54, 1.807) is 6.26 Å². The standard InChI is InChI=1S/C15H19NO/c1-11(2)13-5-4-6-14(9-13)16-10-15-12(3)7-8-17-15/h4-9,11,16H,10H2,1-3H3. The molecule has 2 nitrogen and oxygen atoms in total. The minimum atomic E-state index is 0.557. The summed E-state index contributed by atoms with van der Waals surface area (Å²) < 4.78 is 5.40. The van der Waals surface area contributed by atoms with Gasteiger partial charge in [-0.2, -0.15) is 0 Å². The van der Waals surface area contributed by atoms with Crippen LogP contribution in [-0.4, -0.2) is 0 Å². The Balaban J connectivity index is 2.04. The Morgan fingerprint density at radius 2 is 2.06 bits per heavy atom. The van der Waals surface area contributed by atoms with Crippen molar-refractivity contribution < 1.29 is 4.42 Å². The van der Waals surface area contributed by atoms with Crippen LogP contribution < -0.4 is 5.32 Å². The predicted octanol–water partition coefficient (Wildman–Crippen LogP) is 4.32. The van der Waals surface area contributed by atoms with Crippen LogP contribution in [0.5, 0.6) is 0 Å². The summed E-state index contributed by atoms with van der Waals surface area (Å²) in [6.07, 6.45) is 1.73. The maximum Gasteiger partial charge on any atom is 0.125 e. The Labute approximate surface area is 103 Å². The predicted molar refractivity (Wildman–Crippen MR) is 71.3 cm³/mol. The maximum absolute atomic E-state index is 5.40. The number of hydrogen-bond donors (Lipinski definition) is 1. The minimum absolute atomic E-state index is 0.557. The minimum Gasteiger partial charge on any atom is -0.467 e. The second kappa shape index (κ2) is 5.09. The summed E-state index contributed by atoms with van der Waals surface area (Å²) in [6, 6.07) is 10.5. The van der Waals surface area contributed by atoms with Gasteiger partial charge in [0.15, 0.2) is 0 Å². The van der Waals surface area contributed by atoms with Crippen molar-refractivity contribution in [2.24, 2.45) is 0 Å². The van der Waals surface area contributed by atoms with Gasteiger partial charge in [-0.15, -0.1) is 0 Å². The lowest BCUT2D eigenvalue weighted by molar-refractivity contribution is 0.515. The summed E-state index contributed by atoms with van der Waals surface area (Å²) in [6.45, 7) is 7.21. The van der Waals surface area contributed by atoms with Crippen LogP contribution >= 0.6 is 0 Å². The summed E-state index contributed by atoms with van der Waals surface area (Å²) in [5.41, 5.74) is 3.69. The van der Waals surface area contributed by atoms with E-state index >= 15 is 0 Å². The molecule has 2 heteroatoms. The van der Waals surface area contributed by atoms with Crippen LogP contribution in [0.25, 0.3) is 0 Å². The number of rotatable bonds is 4. The van der Waals surface area contributed by atoms with E-state index in [0.717, 1.165) is 18.0 Å². The highest BCUT2D eigenvalue weighted by atomic mass is 16.3. The maximum atomic E-state index is 5.40. The van der Waals surface area contributed by atoms with E-state index in [-0.39, 0.29) is 0 Å². The summed E-state index contributed by atoms with van der Waals surface area (Å²) >= 11 is 0. The average molecular weight is 229 g/mol. The Hall–Kier alpha value is -1.70. The molecular formula is C15H19NO. The second-order valence-corrected chi connectivity index (χ2v) is 4.66. The van der Waals surface area contributed by atoms with Gasteiger partial charge in [-0.05, 0) is 42.2 Å². The molecule has 0 aliphatic carbocycles. The van der Waals surface area contributed by atoms with Crippen LogP contribution in [0.3, 0.4) is 0 Å². The first-order valence-corrected chi connectivity index (χ1v) is 6.03. The van der Waals surface area contributed by atoms with Crippen LogP contribution in [0.1, 0.15) is 36.7 Å². The number of nitrogens with one attached hydrogen (secondary N) is 1. The van der Waals surface area contributed by atoms with Crippen LogP contribution in [-0.2, 0) is 6.54 Å². The molecule has 0 aliphatic heterocycles. The molecule has 90 valence electrons. The highest BCUT2D eigenvalue weighted by molar-refractivity contribution is 5.46. The molecule has 0 saturated heterocycles. The Bertz CT molecular complexity index is 485. The largest absolute Gasteiger partial charge is 0.467 e. The van der Waals surface area contributed by atoms with Crippen molar-refractivity contribution >= 4 is 5.69 Å². The summed E-state index contributed by atoms with van der Waals surface area (Å²) in [7, 11) is 0. The van der Waals surface area contributed by atoms with E-state index < -0.39 is 0 Å². The molecule has 1 aromatic heterocycles. The molecule has 0 aliphatic rings. The normalized spacial score (nSPS) is 10.8. The van der Waals surface area contributed by atoms with Gasteiger partial charge < -0.3 is 9.73 Å². The second-order valence-electron chi connectivity index (χ2n) is 4.66. The Morgan fingerprint density at radius 3 is 2.71 bits per heavy atom. The summed E-state index contributed by atoms with van der Waals surface area (Å²) in [4.78, 5) is 0. The molecule has 0 radical (unpaired) electrons. The molecule has 0 bridgehead atoms. The number of aryl methyl sites for hydroxylation is 1. The van der Waals surface area contributed by atoms with Crippen molar-refractivity contribution in [1.29, 1.82) is 0 Å². The quantitative estimate of drug-likeness (QED) is 0.844. The Morgan fingerprint density at radius 1 is 1.24 bits per heavy atom. The zero-order chi connectivity index (χ0) is 12.3. The zero-order valence-corrected chi connectivity index (χ0v) is 10.7. The summed E-state index contributed by atoms with van der Waals surface area (Å²) in [5, 5.41) is 3.39. The first kappa shape index (κ1) is 11.8. The molecule has 0 atom stereocenters. The molecule has 17 heavy (non-hydrogen) atoms. The zero-order valence-electron chi connectivity index (χ0n) is 10.7. The molecule has 1 N–H and O–H groups in total. The molecule has 2 rings (SSSR count). The third-order valence-corrected chi connectivity index (χ3v) is 2.97. The highest BCUT2D eigenvalue weighted by Gasteiger charge is 2.03. The Kier molecular flexibility index (Phi) is 3.52. The third-order valence-electron chi connectivity index (χ3n) is 2.97. The highest BCUT2D eigenvalue weighted by Crippen LogP contribution is 2.19. The molecule has 0 amide bonds. The fraction of sp³-hybridized carbons (Fsp3) is 0.333. The van der Waals surface area contributed by atoms with Gasteiger partial charge >= 0.3 is 0 Å². The number of anilines is 1. The van der Waals surface area contributed by atoms with Crippen LogP contribution in [0.2, 0.25) is 0 Å². The van der Waals surface area contributed by atoms with Gasteiger partial charge in [0, 0.05) is 5.69 Å². The van der Waals surface area contributed by atoms with E-state index in [0.29, 0.717) is 5.92 Å². The van der Waals surface area contributed by atoms with Crippen molar-refractivity contribution in [3.05, 3.63) is 53.5 Å². The van der Waals surface area contributed by atoms with Crippen molar-refractivity contribution in [2.45, 2.75) is 33.2 Å². The molecule has 0 fully saturated rings. The fourth-order valence-electron chi connectivity index (χ4n) is 1.78. The van der Waals surface area contributed by atoms with E-state index in [1.807, 2.05) is 6.07 Å². The van der Waals surface area contributed by atoms with Crippen molar-refractivity contribution in [2.75, 3.05) is 5.32 Å². The fourth-order valence-corrected chi connectivity index (χ4v) is 1.78. The molecule has 0 unspecified atom stereocenters. The molecular weight excluding hydrogens is 210 g/mol. The lowest BCUT2D eigenvalue weighted by Gasteiger charge is -2.09. The van der Waals surface area contributed by atoms with Gasteiger partial charge in [-0.25, -0.2) is 0 Å². The molecule has 2 aromatic rings. The van der Waals surface area contributed by atoms with Crippen LogP contribution in [0, 0.1) is 6.92 Å². The lowest BCUT2D eigenvalue weighted by atomic mass is 10.0. The molecule has 1 aromatic carbocycles. The van der Waals surface area contributed by atoms with Crippen LogP contribution in [0.4, 0.5) is 5.69 Å². The average Bonchev–Trinajstić information content (AvgIpc) is 2.72. The van der Waals surface area contributed by atoms with Crippen molar-refractivity contribution in [3.8, 4) is 0 Å². The van der Waals surface area contributed by atoms with Gasteiger partial charge in [-0.3, -0.25) is 0 Å².